The lowest BCUT2D eigenvalue weighted by Crippen LogP contribution is -2.43. The number of halogens is 1. The van der Waals surface area contributed by atoms with E-state index in [0.717, 1.165) is 10.4 Å². The zero-order valence-corrected chi connectivity index (χ0v) is 14.9. The lowest BCUT2D eigenvalue weighted by atomic mass is 9.87. The number of urea groups is 1. The van der Waals surface area contributed by atoms with Gasteiger partial charge in [0.15, 0.2) is 0 Å². The number of hydrogen-bond acceptors (Lipinski definition) is 4. The Morgan fingerprint density at radius 1 is 1.21 bits per heavy atom. The van der Waals surface area contributed by atoms with E-state index in [9.17, 15) is 9.59 Å². The van der Waals surface area contributed by atoms with E-state index in [2.05, 4.69) is 5.32 Å². The van der Waals surface area contributed by atoms with Crippen LogP contribution in [-0.2, 0) is 16.9 Å². The molecule has 0 bridgehead atoms. The number of hydrogen-bond donors (Lipinski definition) is 1. The molecule has 1 saturated heterocycles. The molecule has 1 aromatic heterocycles. The second-order valence-corrected chi connectivity index (χ2v) is 7.31. The molecule has 1 aliphatic rings. The summed E-state index contributed by atoms with van der Waals surface area (Å²) in [5.74, 6) is 0.455. The maximum Gasteiger partial charge on any atom is 0.325 e. The molecule has 3 rings (SSSR count). The average molecular weight is 365 g/mol. The fourth-order valence-corrected chi connectivity index (χ4v) is 3.95. The van der Waals surface area contributed by atoms with Crippen LogP contribution >= 0.6 is 22.9 Å². The van der Waals surface area contributed by atoms with Crippen LogP contribution in [-0.4, -0.2) is 23.9 Å². The molecule has 0 aliphatic carbocycles. The predicted octanol–water partition coefficient (Wildman–Crippen LogP) is 3.77. The molecule has 1 fully saturated rings. The Balaban J connectivity index is 1.91. The third-order valence-corrected chi connectivity index (χ3v) is 5.45. The van der Waals surface area contributed by atoms with Gasteiger partial charge in [0.1, 0.15) is 11.3 Å². The van der Waals surface area contributed by atoms with Crippen molar-refractivity contribution in [1.29, 1.82) is 0 Å². The fourth-order valence-electron chi connectivity index (χ4n) is 2.88. The van der Waals surface area contributed by atoms with E-state index >= 15 is 0 Å². The van der Waals surface area contributed by atoms with Gasteiger partial charge in [-0.05, 0) is 36.2 Å². The van der Waals surface area contributed by atoms with Gasteiger partial charge in [0, 0.05) is 4.88 Å². The Morgan fingerprint density at radius 3 is 2.46 bits per heavy atom. The summed E-state index contributed by atoms with van der Waals surface area (Å²) in [4.78, 5) is 27.5. The second kappa shape index (κ2) is 6.45. The van der Waals surface area contributed by atoms with Gasteiger partial charge < -0.3 is 10.1 Å². The Labute approximate surface area is 149 Å². The van der Waals surface area contributed by atoms with Crippen LogP contribution in [0, 0.1) is 0 Å². The van der Waals surface area contributed by atoms with Gasteiger partial charge in [0.2, 0.25) is 0 Å². The van der Waals surface area contributed by atoms with Crippen molar-refractivity contribution in [2.75, 3.05) is 7.11 Å². The highest BCUT2D eigenvalue weighted by Gasteiger charge is 2.51. The van der Waals surface area contributed by atoms with Gasteiger partial charge in [-0.3, -0.25) is 9.69 Å². The summed E-state index contributed by atoms with van der Waals surface area (Å²) in [6, 6.07) is 10.4. The highest BCUT2D eigenvalue weighted by atomic mass is 35.5. The van der Waals surface area contributed by atoms with Crippen LogP contribution in [0.2, 0.25) is 4.34 Å². The van der Waals surface area contributed by atoms with Gasteiger partial charge in [0.05, 0.1) is 18.0 Å². The van der Waals surface area contributed by atoms with Crippen LogP contribution in [0.1, 0.15) is 23.8 Å². The molecular weight excluding hydrogens is 348 g/mol. The van der Waals surface area contributed by atoms with Crippen LogP contribution in [0.4, 0.5) is 4.79 Å². The number of rotatable bonds is 5. The van der Waals surface area contributed by atoms with Gasteiger partial charge in [0.25, 0.3) is 5.91 Å². The number of ether oxygens (including phenoxy) is 1. The van der Waals surface area contributed by atoms with Gasteiger partial charge >= 0.3 is 6.03 Å². The van der Waals surface area contributed by atoms with E-state index in [1.165, 1.54) is 16.2 Å². The summed E-state index contributed by atoms with van der Waals surface area (Å²) < 4.78 is 5.79. The van der Waals surface area contributed by atoms with Gasteiger partial charge in [-0.1, -0.05) is 30.7 Å². The summed E-state index contributed by atoms with van der Waals surface area (Å²) in [5, 5.41) is 2.87. The molecule has 0 saturated carbocycles. The summed E-state index contributed by atoms with van der Waals surface area (Å²) in [7, 11) is 1.58. The van der Waals surface area contributed by atoms with E-state index in [1.54, 1.807) is 25.3 Å². The number of benzene rings is 1. The quantitative estimate of drug-likeness (QED) is 0.821. The molecule has 126 valence electrons. The Hall–Kier alpha value is -2.05. The summed E-state index contributed by atoms with van der Waals surface area (Å²) in [6.07, 6.45) is 0.464. The monoisotopic (exact) mass is 364 g/mol. The number of carbonyl (C=O) groups is 2. The highest BCUT2D eigenvalue weighted by Crippen LogP contribution is 2.35. The molecule has 1 aromatic carbocycles. The third kappa shape index (κ3) is 2.76. The summed E-state index contributed by atoms with van der Waals surface area (Å²) in [5.41, 5.74) is -0.291. The van der Waals surface area contributed by atoms with Crippen molar-refractivity contribution in [2.45, 2.75) is 25.4 Å². The standard InChI is InChI=1S/C17H17ClN2O3S/c1-3-17(11-4-6-12(23-2)7-5-11)15(21)20(16(22)19-17)10-13-8-9-14(18)24-13/h4-9H,3,10H2,1-2H3,(H,19,22). The van der Waals surface area contributed by atoms with E-state index in [0.29, 0.717) is 16.5 Å². The molecule has 0 spiro atoms. The van der Waals surface area contributed by atoms with Gasteiger partial charge in [-0.15, -0.1) is 11.3 Å². The second-order valence-electron chi connectivity index (χ2n) is 5.51. The molecule has 0 radical (unpaired) electrons. The van der Waals surface area contributed by atoms with Crippen LogP contribution in [0.15, 0.2) is 36.4 Å². The van der Waals surface area contributed by atoms with Crippen molar-refractivity contribution in [3.8, 4) is 5.75 Å². The van der Waals surface area contributed by atoms with Crippen LogP contribution < -0.4 is 10.1 Å². The molecular formula is C17H17ClN2O3S. The number of thiophene rings is 1. The van der Waals surface area contributed by atoms with E-state index in [1.807, 2.05) is 25.1 Å². The zero-order valence-electron chi connectivity index (χ0n) is 13.3. The van der Waals surface area contributed by atoms with Crippen LogP contribution in [0.25, 0.3) is 0 Å². The molecule has 5 nitrogen and oxygen atoms in total. The van der Waals surface area contributed by atoms with Crippen molar-refractivity contribution in [3.05, 3.63) is 51.2 Å². The zero-order chi connectivity index (χ0) is 17.3. The first kappa shape index (κ1) is 16.8. The summed E-state index contributed by atoms with van der Waals surface area (Å²) in [6.45, 7) is 2.11. The molecule has 1 N–H and O–H groups in total. The van der Waals surface area contributed by atoms with Crippen molar-refractivity contribution in [3.63, 3.8) is 0 Å². The SMILES string of the molecule is CCC1(c2ccc(OC)cc2)NC(=O)N(Cc2ccc(Cl)s2)C1=O. The lowest BCUT2D eigenvalue weighted by Gasteiger charge is -2.26. The molecule has 7 heteroatoms. The van der Waals surface area contributed by atoms with Crippen molar-refractivity contribution < 1.29 is 14.3 Å². The normalized spacial score (nSPS) is 20.4. The maximum absolute atomic E-state index is 13.0. The third-order valence-electron chi connectivity index (χ3n) is 4.23. The fraction of sp³-hybridized carbons (Fsp3) is 0.294. The molecule has 2 aromatic rings. The number of methoxy groups -OCH3 is 1. The predicted molar refractivity (Wildman–Crippen MR) is 93.4 cm³/mol. The Morgan fingerprint density at radius 2 is 1.92 bits per heavy atom. The largest absolute Gasteiger partial charge is 0.497 e. The molecule has 2 heterocycles. The number of carbonyl (C=O) groups excluding carboxylic acids is 2. The van der Waals surface area contributed by atoms with Crippen molar-refractivity contribution >= 4 is 34.9 Å². The first-order valence-electron chi connectivity index (χ1n) is 7.53. The number of amides is 3. The van der Waals surface area contributed by atoms with E-state index in [4.69, 9.17) is 16.3 Å². The van der Waals surface area contributed by atoms with E-state index < -0.39 is 5.54 Å². The Bertz CT molecular complexity index is 774. The van der Waals surface area contributed by atoms with Crippen LogP contribution in [0.3, 0.4) is 0 Å². The van der Waals surface area contributed by atoms with Crippen LogP contribution in [0.5, 0.6) is 5.75 Å². The number of nitrogens with zero attached hydrogens (tertiary/aromatic N) is 1. The molecule has 1 unspecified atom stereocenters. The molecule has 1 atom stereocenters. The molecule has 3 amide bonds. The van der Waals surface area contributed by atoms with E-state index in [-0.39, 0.29) is 18.5 Å². The first-order valence-corrected chi connectivity index (χ1v) is 8.72. The smallest absolute Gasteiger partial charge is 0.325 e. The first-order chi connectivity index (χ1) is 11.5. The van der Waals surface area contributed by atoms with Gasteiger partial charge in [-0.2, -0.15) is 0 Å². The molecule has 24 heavy (non-hydrogen) atoms. The minimum Gasteiger partial charge on any atom is -0.497 e. The minimum atomic E-state index is -1.04. The number of nitrogens with one attached hydrogen (secondary N) is 1. The Kier molecular flexibility index (Phi) is 4.51. The highest BCUT2D eigenvalue weighted by molar-refractivity contribution is 7.16. The minimum absolute atomic E-state index is 0.222. The average Bonchev–Trinajstić information content (AvgIpc) is 3.11. The molecule has 1 aliphatic heterocycles. The van der Waals surface area contributed by atoms with Crippen molar-refractivity contribution in [2.24, 2.45) is 0 Å². The van der Waals surface area contributed by atoms with Crippen molar-refractivity contribution in [1.82, 2.24) is 10.2 Å². The lowest BCUT2D eigenvalue weighted by molar-refractivity contribution is -0.132. The summed E-state index contributed by atoms with van der Waals surface area (Å²) >= 11 is 7.29. The number of imide groups is 1. The van der Waals surface area contributed by atoms with Gasteiger partial charge in [-0.25, -0.2) is 4.79 Å². The maximum atomic E-state index is 13.0. The topological polar surface area (TPSA) is 58.6 Å².